The van der Waals surface area contributed by atoms with Gasteiger partial charge in [-0.05, 0) is 0 Å². The fraction of sp³-hybridized carbons (Fsp3) is 0.333. The van der Waals surface area contributed by atoms with Gasteiger partial charge in [-0.2, -0.15) is 0 Å². The topological polar surface area (TPSA) is 54.4 Å². The standard InChI is InChI=1S/CH4O.2CH3.2O.V/c1-2;;;;;/h2H,1H3;2*1H3;;;/q;2*-1;;;. The van der Waals surface area contributed by atoms with Crippen molar-refractivity contribution in [3.8, 4) is 0 Å². The van der Waals surface area contributed by atoms with Crippen molar-refractivity contribution < 1.29 is 28.6 Å². The maximum absolute atomic E-state index is 8.47. The van der Waals surface area contributed by atoms with Gasteiger partial charge in [-0.3, -0.25) is 0 Å². The molecule has 0 spiro atoms. The molecule has 0 rings (SSSR count). The Morgan fingerprint density at radius 2 is 1.14 bits per heavy atom. The molecule has 0 radical (unpaired) electrons. The first kappa shape index (κ1) is 27.3. The van der Waals surface area contributed by atoms with Crippen molar-refractivity contribution in [2.24, 2.45) is 0 Å². The third-order valence-corrected chi connectivity index (χ3v) is 0. The van der Waals surface area contributed by atoms with Crippen LogP contribution in [0.15, 0.2) is 0 Å². The number of rotatable bonds is 0. The monoisotopic (exact) mass is 145 g/mol. The normalized spacial score (nSPS) is 2.00. The van der Waals surface area contributed by atoms with Gasteiger partial charge in [0.05, 0.1) is 0 Å². The van der Waals surface area contributed by atoms with E-state index in [0.717, 1.165) is 7.11 Å². The molecule has 0 aliphatic heterocycles. The van der Waals surface area contributed by atoms with Crippen molar-refractivity contribution in [3.05, 3.63) is 14.9 Å². The summed E-state index contributed by atoms with van der Waals surface area (Å²) in [5, 5.41) is 7.00. The third-order valence-electron chi connectivity index (χ3n) is 0. The molecule has 0 bridgehead atoms. The van der Waals surface area contributed by atoms with Crippen LogP contribution in [0.4, 0.5) is 0 Å². The Hall–Kier alpha value is 0.144. The van der Waals surface area contributed by atoms with Gasteiger partial charge in [-0.15, -0.1) is 0 Å². The van der Waals surface area contributed by atoms with E-state index in [0.29, 0.717) is 0 Å². The molecule has 4 heteroatoms. The molecule has 47 valence electrons. The van der Waals surface area contributed by atoms with Gasteiger partial charge in [0.2, 0.25) is 0 Å². The predicted molar refractivity (Wildman–Crippen MR) is 22.3 cm³/mol. The molecule has 0 heterocycles. The molecule has 0 atom stereocenters. The van der Waals surface area contributed by atoms with Crippen LogP contribution < -0.4 is 0 Å². The molecule has 0 saturated carbocycles. The second-order valence-corrected chi connectivity index (χ2v) is 0.307. The zero-order valence-corrected chi connectivity index (χ0v) is 6.11. The molecule has 3 nitrogen and oxygen atoms in total. The van der Waals surface area contributed by atoms with E-state index in [1.165, 1.54) is 0 Å². The zero-order valence-electron chi connectivity index (χ0n) is 4.71. The van der Waals surface area contributed by atoms with E-state index in [-0.39, 0.29) is 14.9 Å². The van der Waals surface area contributed by atoms with Crippen LogP contribution in [0.25, 0.3) is 0 Å². The summed E-state index contributed by atoms with van der Waals surface area (Å²) in [7, 11) is 1.00. The van der Waals surface area contributed by atoms with Crippen LogP contribution in [0.3, 0.4) is 0 Å². The molecule has 0 fully saturated rings. The third kappa shape index (κ3) is 5060. The van der Waals surface area contributed by atoms with Gasteiger partial charge < -0.3 is 20.0 Å². The number of aliphatic hydroxyl groups is 1. The fourth-order valence-electron chi connectivity index (χ4n) is 0. The maximum atomic E-state index is 8.47. The van der Waals surface area contributed by atoms with Crippen molar-refractivity contribution in [3.63, 3.8) is 0 Å². The van der Waals surface area contributed by atoms with Crippen LogP contribution in [0.1, 0.15) is 0 Å². The van der Waals surface area contributed by atoms with Crippen LogP contribution in [0, 0.1) is 14.9 Å². The Balaban J connectivity index is -0.0000000105. The molecule has 0 aromatic heterocycles. The van der Waals surface area contributed by atoms with Crippen LogP contribution in [0.5, 0.6) is 0 Å². The van der Waals surface area contributed by atoms with E-state index in [1.807, 2.05) is 0 Å². The summed E-state index contributed by atoms with van der Waals surface area (Å²) in [5.41, 5.74) is 0. The number of aliphatic hydroxyl groups excluding tert-OH is 1. The van der Waals surface area contributed by atoms with Crippen molar-refractivity contribution >= 4 is 0 Å². The second-order valence-electron chi connectivity index (χ2n) is 0.0745. The summed E-state index contributed by atoms with van der Waals surface area (Å²) in [5.74, 6) is 0. The van der Waals surface area contributed by atoms with Gasteiger partial charge in [0.1, 0.15) is 0 Å². The van der Waals surface area contributed by atoms with E-state index >= 15 is 0 Å². The summed E-state index contributed by atoms with van der Waals surface area (Å²) in [4.78, 5) is 0. The minimum absolute atomic E-state index is 0. The predicted octanol–water partition coefficient (Wildman–Crippen LogP) is 0.269. The average Bonchev–Trinajstić information content (AvgIpc) is 1.46. The molecular formula is C3H10O3V-2. The van der Waals surface area contributed by atoms with Crippen LogP contribution in [0.2, 0.25) is 0 Å². The summed E-state index contributed by atoms with van der Waals surface area (Å²) < 4.78 is 16.9. The van der Waals surface area contributed by atoms with Crippen molar-refractivity contribution in [2.75, 3.05) is 7.11 Å². The first-order valence-electron chi connectivity index (χ1n) is 0.812. The molecule has 0 unspecified atom stereocenters. The Labute approximate surface area is 51.3 Å². The summed E-state index contributed by atoms with van der Waals surface area (Å²) in [6, 6.07) is 0. The molecule has 0 aliphatic carbocycles. The van der Waals surface area contributed by atoms with E-state index < -0.39 is 16.2 Å². The first-order chi connectivity index (χ1) is 2.41. The van der Waals surface area contributed by atoms with E-state index in [2.05, 4.69) is 0 Å². The summed E-state index contributed by atoms with van der Waals surface area (Å²) >= 11 is -1.81. The molecule has 1 N–H and O–H groups in total. The quantitative estimate of drug-likeness (QED) is 0.497. The Kier molecular flexibility index (Phi) is 484. The van der Waals surface area contributed by atoms with Gasteiger partial charge in [0, 0.05) is 7.11 Å². The van der Waals surface area contributed by atoms with Gasteiger partial charge in [-0.1, -0.05) is 0 Å². The van der Waals surface area contributed by atoms with E-state index in [1.54, 1.807) is 0 Å². The van der Waals surface area contributed by atoms with Crippen LogP contribution >= 0.6 is 0 Å². The SMILES string of the molecule is CO.[CH3-].[CH3-].[O]=[V]=[O]. The van der Waals surface area contributed by atoms with Crippen LogP contribution in [-0.2, 0) is 23.5 Å². The van der Waals surface area contributed by atoms with E-state index in [9.17, 15) is 0 Å². The molecule has 7 heavy (non-hydrogen) atoms. The van der Waals surface area contributed by atoms with E-state index in [4.69, 9.17) is 12.5 Å². The van der Waals surface area contributed by atoms with Crippen molar-refractivity contribution in [2.45, 2.75) is 0 Å². The summed E-state index contributed by atoms with van der Waals surface area (Å²) in [6.07, 6.45) is 0. The molecule has 0 aromatic rings. The molecule has 0 aliphatic rings. The fourth-order valence-corrected chi connectivity index (χ4v) is 0. The number of hydrogen-bond donors (Lipinski definition) is 1. The molecular weight excluding hydrogens is 135 g/mol. The second kappa shape index (κ2) is 124. The molecule has 0 amide bonds. The molecule has 0 aromatic carbocycles. The molecule has 0 saturated heterocycles. The summed E-state index contributed by atoms with van der Waals surface area (Å²) in [6.45, 7) is 0. The average molecular weight is 145 g/mol. The first-order valence-corrected chi connectivity index (χ1v) is 1.95. The van der Waals surface area contributed by atoms with Gasteiger partial charge in [0.15, 0.2) is 0 Å². The van der Waals surface area contributed by atoms with Gasteiger partial charge in [0.25, 0.3) is 0 Å². The Morgan fingerprint density at radius 1 is 1.14 bits per heavy atom. The minimum atomic E-state index is -1.81. The van der Waals surface area contributed by atoms with Crippen molar-refractivity contribution in [1.29, 1.82) is 0 Å². The van der Waals surface area contributed by atoms with Gasteiger partial charge >= 0.3 is 23.5 Å². The Morgan fingerprint density at radius 3 is 1.14 bits per heavy atom. The zero-order chi connectivity index (χ0) is 4.71. The van der Waals surface area contributed by atoms with Crippen molar-refractivity contribution in [1.82, 2.24) is 0 Å². The van der Waals surface area contributed by atoms with Crippen LogP contribution in [-0.4, -0.2) is 12.2 Å². The Bertz CT molecular complexity index is 31.2. The van der Waals surface area contributed by atoms with Gasteiger partial charge in [-0.25, -0.2) is 0 Å². The number of hydrogen-bond acceptors (Lipinski definition) is 3.